The molecule has 0 aliphatic carbocycles. The Hall–Kier alpha value is -2.17. The lowest BCUT2D eigenvalue weighted by molar-refractivity contribution is 0.0270. The first-order valence-electron chi connectivity index (χ1n) is 7.04. The van der Waals surface area contributed by atoms with Crippen molar-refractivity contribution in [2.45, 2.75) is 5.72 Å². The molecular weight excluding hydrogens is 278 g/mol. The number of nitrogens with zero attached hydrogens (tertiary/aromatic N) is 1. The minimum atomic E-state index is -0.966. The second kappa shape index (κ2) is 7.73. The van der Waals surface area contributed by atoms with Crippen molar-refractivity contribution in [1.29, 1.82) is 0 Å². The summed E-state index contributed by atoms with van der Waals surface area (Å²) >= 11 is 0. The molecule has 2 aromatic carbocycles. The third-order valence-electron chi connectivity index (χ3n) is 3.41. The monoisotopic (exact) mass is 299 g/mol. The van der Waals surface area contributed by atoms with E-state index in [1.807, 2.05) is 60.7 Å². The lowest BCUT2D eigenvalue weighted by Gasteiger charge is -2.30. The van der Waals surface area contributed by atoms with Gasteiger partial charge in [-0.05, 0) is 0 Å². The number of hydrogen-bond donors (Lipinski definition) is 0. The Kier molecular flexibility index (Phi) is 5.69. The molecule has 0 aliphatic rings. The van der Waals surface area contributed by atoms with Gasteiger partial charge in [-0.1, -0.05) is 60.7 Å². The summed E-state index contributed by atoms with van der Waals surface area (Å²) in [7, 11) is 4.83. The molecule has 0 N–H and O–H groups in total. The number of methoxy groups -OCH3 is 3. The van der Waals surface area contributed by atoms with Gasteiger partial charge >= 0.3 is 0 Å². The highest BCUT2D eigenvalue weighted by Gasteiger charge is 2.34. The molecule has 0 saturated carbocycles. The predicted molar refractivity (Wildman–Crippen MR) is 87.0 cm³/mol. The molecule has 4 nitrogen and oxygen atoms in total. The van der Waals surface area contributed by atoms with E-state index < -0.39 is 5.72 Å². The Morgan fingerprint density at radius 3 is 1.73 bits per heavy atom. The Bertz CT molecular complexity index is 557. The van der Waals surface area contributed by atoms with Crippen molar-refractivity contribution < 1.29 is 14.2 Å². The van der Waals surface area contributed by atoms with Crippen molar-refractivity contribution in [2.75, 3.05) is 27.9 Å². The van der Waals surface area contributed by atoms with Crippen LogP contribution in [0.1, 0.15) is 11.1 Å². The second-order valence-electron chi connectivity index (χ2n) is 4.72. The molecule has 0 amide bonds. The molecule has 116 valence electrons. The number of aliphatic imine (C=N–C) groups is 1. The summed E-state index contributed by atoms with van der Waals surface area (Å²) < 4.78 is 16.3. The zero-order chi connectivity index (χ0) is 15.8. The Morgan fingerprint density at radius 1 is 0.864 bits per heavy atom. The average Bonchev–Trinajstić information content (AvgIpc) is 2.60. The Morgan fingerprint density at radius 2 is 1.36 bits per heavy atom. The van der Waals surface area contributed by atoms with Crippen LogP contribution >= 0.6 is 0 Å². The lowest BCUT2D eigenvalue weighted by Crippen LogP contribution is -2.30. The molecule has 0 aliphatic heterocycles. The highest BCUT2D eigenvalue weighted by Crippen LogP contribution is 2.34. The zero-order valence-electron chi connectivity index (χ0n) is 13.2. The SMILES string of the molecule is COC/C(=N\C(OC)(c1ccccc1)c1ccccc1)OC. The number of benzene rings is 2. The first kappa shape index (κ1) is 16.2. The maximum Gasteiger partial charge on any atom is 0.214 e. The highest BCUT2D eigenvalue weighted by atomic mass is 16.5. The largest absolute Gasteiger partial charge is 0.483 e. The van der Waals surface area contributed by atoms with Gasteiger partial charge < -0.3 is 14.2 Å². The van der Waals surface area contributed by atoms with Crippen molar-refractivity contribution in [3.63, 3.8) is 0 Å². The van der Waals surface area contributed by atoms with Crippen LogP contribution in [0.4, 0.5) is 0 Å². The van der Waals surface area contributed by atoms with Crippen molar-refractivity contribution in [3.05, 3.63) is 71.8 Å². The molecular formula is C18H21NO3. The molecule has 2 rings (SSSR count). The minimum Gasteiger partial charge on any atom is -0.483 e. The van der Waals surface area contributed by atoms with Gasteiger partial charge in [-0.25, -0.2) is 4.99 Å². The van der Waals surface area contributed by atoms with Crippen LogP contribution in [0.2, 0.25) is 0 Å². The molecule has 0 saturated heterocycles. The minimum absolute atomic E-state index is 0.279. The highest BCUT2D eigenvalue weighted by molar-refractivity contribution is 5.78. The van der Waals surface area contributed by atoms with E-state index in [1.54, 1.807) is 21.3 Å². The first-order valence-corrected chi connectivity index (χ1v) is 7.04. The van der Waals surface area contributed by atoms with Gasteiger partial charge in [0.05, 0.1) is 7.11 Å². The fraction of sp³-hybridized carbons (Fsp3) is 0.278. The van der Waals surface area contributed by atoms with Gasteiger partial charge in [-0.15, -0.1) is 0 Å². The Balaban J connectivity index is 2.62. The van der Waals surface area contributed by atoms with E-state index in [4.69, 9.17) is 19.2 Å². The molecule has 0 fully saturated rings. The van der Waals surface area contributed by atoms with Gasteiger partial charge in [0.1, 0.15) is 6.61 Å². The summed E-state index contributed by atoms with van der Waals surface area (Å²) in [6, 6.07) is 19.7. The topological polar surface area (TPSA) is 40.0 Å². The van der Waals surface area contributed by atoms with Crippen LogP contribution in [-0.2, 0) is 19.9 Å². The lowest BCUT2D eigenvalue weighted by atomic mass is 9.94. The second-order valence-corrected chi connectivity index (χ2v) is 4.72. The van der Waals surface area contributed by atoms with E-state index in [0.29, 0.717) is 5.90 Å². The Labute approximate surface area is 131 Å². The summed E-state index contributed by atoms with van der Waals surface area (Å²) in [5.41, 5.74) is 0.885. The van der Waals surface area contributed by atoms with Gasteiger partial charge in [0.15, 0.2) is 0 Å². The standard InChI is InChI=1S/C18H21NO3/c1-20-14-17(21-2)19-18(22-3,15-10-6-4-7-11-15)16-12-8-5-9-13-16/h4-13H,14H2,1-3H3/b19-17+. The van der Waals surface area contributed by atoms with Crippen LogP contribution in [0.5, 0.6) is 0 Å². The number of hydrogen-bond acceptors (Lipinski definition) is 4. The molecule has 0 radical (unpaired) electrons. The fourth-order valence-electron chi connectivity index (χ4n) is 2.34. The van der Waals surface area contributed by atoms with Gasteiger partial charge in [0.25, 0.3) is 0 Å². The summed E-state index contributed by atoms with van der Waals surface area (Å²) in [4.78, 5) is 4.72. The maximum atomic E-state index is 5.87. The normalized spacial score (nSPS) is 12.2. The third kappa shape index (κ3) is 3.35. The van der Waals surface area contributed by atoms with Crippen LogP contribution in [0.15, 0.2) is 65.7 Å². The van der Waals surface area contributed by atoms with E-state index >= 15 is 0 Å². The molecule has 0 atom stereocenters. The third-order valence-corrected chi connectivity index (χ3v) is 3.41. The van der Waals surface area contributed by atoms with Gasteiger partial charge in [-0.2, -0.15) is 0 Å². The van der Waals surface area contributed by atoms with Crippen molar-refractivity contribution >= 4 is 5.90 Å². The summed E-state index contributed by atoms with van der Waals surface area (Å²) in [6.07, 6.45) is 0. The average molecular weight is 299 g/mol. The van der Waals surface area contributed by atoms with E-state index in [1.165, 1.54) is 0 Å². The quantitative estimate of drug-likeness (QED) is 0.607. The number of ether oxygens (including phenoxy) is 3. The zero-order valence-corrected chi connectivity index (χ0v) is 13.2. The van der Waals surface area contributed by atoms with Crippen molar-refractivity contribution in [1.82, 2.24) is 0 Å². The smallest absolute Gasteiger partial charge is 0.214 e. The molecule has 0 unspecified atom stereocenters. The summed E-state index contributed by atoms with van der Waals surface area (Å²) in [5.74, 6) is 0.469. The summed E-state index contributed by atoms with van der Waals surface area (Å²) in [6.45, 7) is 0.279. The van der Waals surface area contributed by atoms with E-state index in [0.717, 1.165) is 11.1 Å². The van der Waals surface area contributed by atoms with Crippen LogP contribution in [0.25, 0.3) is 0 Å². The summed E-state index contributed by atoms with van der Waals surface area (Å²) in [5, 5.41) is 0. The molecule has 0 bridgehead atoms. The van der Waals surface area contributed by atoms with Crippen molar-refractivity contribution in [3.8, 4) is 0 Å². The number of rotatable bonds is 6. The van der Waals surface area contributed by atoms with E-state index in [9.17, 15) is 0 Å². The molecule has 0 spiro atoms. The fourth-order valence-corrected chi connectivity index (χ4v) is 2.34. The van der Waals surface area contributed by atoms with Gasteiger partial charge in [0.2, 0.25) is 11.6 Å². The van der Waals surface area contributed by atoms with Crippen LogP contribution in [0, 0.1) is 0 Å². The van der Waals surface area contributed by atoms with E-state index in [-0.39, 0.29) is 6.61 Å². The molecule has 2 aromatic rings. The molecule has 0 aromatic heterocycles. The first-order chi connectivity index (χ1) is 10.8. The van der Waals surface area contributed by atoms with Crippen LogP contribution in [0.3, 0.4) is 0 Å². The maximum absolute atomic E-state index is 5.87. The van der Waals surface area contributed by atoms with Crippen molar-refractivity contribution in [2.24, 2.45) is 4.99 Å². The molecule has 4 heteroatoms. The van der Waals surface area contributed by atoms with Crippen LogP contribution < -0.4 is 0 Å². The van der Waals surface area contributed by atoms with Gasteiger partial charge in [-0.3, -0.25) is 0 Å². The molecule has 0 heterocycles. The molecule has 22 heavy (non-hydrogen) atoms. The van der Waals surface area contributed by atoms with Gasteiger partial charge in [0, 0.05) is 25.3 Å². The predicted octanol–water partition coefficient (Wildman–Crippen LogP) is 3.23. The van der Waals surface area contributed by atoms with Crippen LogP contribution in [-0.4, -0.2) is 33.8 Å². The van der Waals surface area contributed by atoms with E-state index in [2.05, 4.69) is 0 Å².